The Morgan fingerprint density at radius 3 is 2.70 bits per heavy atom. The number of nitrogens with one attached hydrogen (secondary N) is 1. The van der Waals surface area contributed by atoms with Gasteiger partial charge in [0.05, 0.1) is 20.1 Å². The summed E-state index contributed by atoms with van der Waals surface area (Å²) in [5, 5.41) is 0.912. The van der Waals surface area contributed by atoms with Crippen LogP contribution in [0.5, 0.6) is 0 Å². The molecule has 0 radical (unpaired) electrons. The van der Waals surface area contributed by atoms with Gasteiger partial charge in [0, 0.05) is 10.9 Å². The fraction of sp³-hybridized carbons (Fsp3) is 0.333. The molecule has 0 aliphatic rings. The Labute approximate surface area is 116 Å². The van der Waals surface area contributed by atoms with E-state index in [4.69, 9.17) is 4.74 Å². The van der Waals surface area contributed by atoms with Crippen LogP contribution in [0, 0.1) is 6.92 Å². The summed E-state index contributed by atoms with van der Waals surface area (Å²) in [7, 11) is 1.36. The van der Waals surface area contributed by atoms with E-state index in [0.717, 1.165) is 22.0 Å². The molecule has 1 N–H and O–H groups in total. The Bertz CT molecular complexity index is 657. The van der Waals surface area contributed by atoms with Gasteiger partial charge in [0.15, 0.2) is 0 Å². The summed E-state index contributed by atoms with van der Waals surface area (Å²) in [5.74, 6) is -0.654. The molecule has 0 unspecified atom stereocenters. The lowest BCUT2D eigenvalue weighted by molar-refractivity contribution is -0.139. The number of methoxy groups -OCH3 is 1. The molecule has 0 spiro atoms. The molecular weight excluding hydrogens is 258 g/mol. The summed E-state index contributed by atoms with van der Waals surface area (Å²) in [6, 6.07) is 5.58. The molecule has 1 aromatic heterocycles. The first-order chi connectivity index (χ1) is 9.56. The Morgan fingerprint density at radius 1 is 1.30 bits per heavy atom. The maximum absolute atomic E-state index is 11.8. The molecule has 0 atom stereocenters. The Balaban J connectivity index is 2.40. The molecule has 1 aromatic carbocycles. The molecule has 0 bridgehead atoms. The van der Waals surface area contributed by atoms with Gasteiger partial charge >= 0.3 is 11.9 Å². The first-order valence-corrected chi connectivity index (χ1v) is 6.42. The van der Waals surface area contributed by atoms with Crippen molar-refractivity contribution < 1.29 is 19.1 Å². The molecule has 20 heavy (non-hydrogen) atoms. The smallest absolute Gasteiger partial charge is 0.355 e. The van der Waals surface area contributed by atoms with E-state index in [2.05, 4.69) is 9.72 Å². The van der Waals surface area contributed by atoms with Gasteiger partial charge in [-0.1, -0.05) is 6.07 Å². The average molecular weight is 275 g/mol. The van der Waals surface area contributed by atoms with Gasteiger partial charge in [0.1, 0.15) is 5.69 Å². The highest BCUT2D eigenvalue weighted by molar-refractivity contribution is 5.98. The Hall–Kier alpha value is -2.30. The van der Waals surface area contributed by atoms with Crippen molar-refractivity contribution in [3.63, 3.8) is 0 Å². The number of fused-ring (bicyclic) bond motifs is 1. The molecule has 106 valence electrons. The molecule has 2 aromatic rings. The monoisotopic (exact) mass is 275 g/mol. The molecule has 0 amide bonds. The van der Waals surface area contributed by atoms with Crippen molar-refractivity contribution in [3.05, 3.63) is 35.0 Å². The van der Waals surface area contributed by atoms with E-state index in [1.165, 1.54) is 7.11 Å². The van der Waals surface area contributed by atoms with Crippen LogP contribution in [0.4, 0.5) is 0 Å². The number of H-pyrrole nitrogens is 1. The van der Waals surface area contributed by atoms with Crippen LogP contribution in [-0.4, -0.2) is 30.6 Å². The minimum Gasteiger partial charge on any atom is -0.469 e. The third-order valence-electron chi connectivity index (χ3n) is 3.18. The van der Waals surface area contributed by atoms with Crippen molar-refractivity contribution in [1.82, 2.24) is 4.98 Å². The second kappa shape index (κ2) is 5.77. The van der Waals surface area contributed by atoms with Crippen molar-refractivity contribution in [1.29, 1.82) is 0 Å². The van der Waals surface area contributed by atoms with E-state index in [0.29, 0.717) is 12.3 Å². The molecule has 5 nitrogen and oxygen atoms in total. The first-order valence-electron chi connectivity index (χ1n) is 6.42. The molecule has 0 fully saturated rings. The van der Waals surface area contributed by atoms with E-state index in [1.807, 2.05) is 25.1 Å². The fourth-order valence-corrected chi connectivity index (χ4v) is 2.13. The molecule has 0 saturated carbocycles. The number of rotatable bonds is 4. The number of aromatic amines is 1. The van der Waals surface area contributed by atoms with Crippen molar-refractivity contribution in [2.45, 2.75) is 20.3 Å². The minimum atomic E-state index is -0.365. The lowest BCUT2D eigenvalue weighted by atomic mass is 10.1. The highest BCUT2D eigenvalue weighted by Gasteiger charge is 2.16. The van der Waals surface area contributed by atoms with Crippen molar-refractivity contribution >= 4 is 22.8 Å². The zero-order valence-corrected chi connectivity index (χ0v) is 11.8. The first kappa shape index (κ1) is 14.1. The number of hydrogen-bond donors (Lipinski definition) is 1. The third-order valence-corrected chi connectivity index (χ3v) is 3.18. The van der Waals surface area contributed by atoms with Gasteiger partial charge < -0.3 is 14.5 Å². The number of ether oxygens (including phenoxy) is 2. The number of carbonyl (C=O) groups is 2. The predicted molar refractivity (Wildman–Crippen MR) is 74.7 cm³/mol. The largest absolute Gasteiger partial charge is 0.469 e. The molecule has 0 aliphatic carbocycles. The van der Waals surface area contributed by atoms with E-state index >= 15 is 0 Å². The van der Waals surface area contributed by atoms with Gasteiger partial charge in [-0.05, 0) is 37.1 Å². The Kier molecular flexibility index (Phi) is 4.08. The van der Waals surface area contributed by atoms with Crippen LogP contribution in [0.15, 0.2) is 18.2 Å². The molecule has 1 heterocycles. The van der Waals surface area contributed by atoms with Crippen LogP contribution in [0.3, 0.4) is 0 Å². The lowest BCUT2D eigenvalue weighted by Gasteiger charge is -2.01. The molecular formula is C15H17NO4. The number of benzene rings is 1. The second-order valence-corrected chi connectivity index (χ2v) is 4.48. The topological polar surface area (TPSA) is 68.4 Å². The average Bonchev–Trinajstić information content (AvgIpc) is 2.76. The molecule has 2 rings (SSSR count). The van der Waals surface area contributed by atoms with Gasteiger partial charge in [0.25, 0.3) is 0 Å². The summed E-state index contributed by atoms with van der Waals surface area (Å²) < 4.78 is 9.66. The van der Waals surface area contributed by atoms with Crippen LogP contribution in [-0.2, 0) is 20.7 Å². The van der Waals surface area contributed by atoms with Gasteiger partial charge in [-0.3, -0.25) is 4.79 Å². The second-order valence-electron chi connectivity index (χ2n) is 4.48. The number of aromatic nitrogens is 1. The van der Waals surface area contributed by atoms with Gasteiger partial charge in [0.2, 0.25) is 0 Å². The van der Waals surface area contributed by atoms with E-state index < -0.39 is 0 Å². The number of carbonyl (C=O) groups excluding carboxylic acids is 2. The molecule has 5 heteroatoms. The standard InChI is InChI=1S/C15H17NO4/c1-4-20-15(18)14-9(2)11-7-10(8-13(17)19-3)5-6-12(11)16-14/h5-7,16H,4,8H2,1-3H3. The highest BCUT2D eigenvalue weighted by atomic mass is 16.5. The molecule has 0 saturated heterocycles. The van der Waals surface area contributed by atoms with Crippen LogP contribution >= 0.6 is 0 Å². The summed E-state index contributed by atoms with van der Waals surface area (Å²) in [6.07, 6.45) is 0.214. The minimum absolute atomic E-state index is 0.214. The molecule has 0 aliphatic heterocycles. The van der Waals surface area contributed by atoms with E-state index in [1.54, 1.807) is 6.92 Å². The number of aryl methyl sites for hydroxylation is 1. The normalized spacial score (nSPS) is 10.6. The van der Waals surface area contributed by atoms with Crippen LogP contribution in [0.25, 0.3) is 10.9 Å². The number of hydrogen-bond acceptors (Lipinski definition) is 4. The van der Waals surface area contributed by atoms with Crippen molar-refractivity contribution in [2.24, 2.45) is 0 Å². The van der Waals surface area contributed by atoms with Crippen molar-refractivity contribution in [3.8, 4) is 0 Å². The zero-order valence-electron chi connectivity index (χ0n) is 11.8. The zero-order chi connectivity index (χ0) is 14.7. The van der Waals surface area contributed by atoms with Gasteiger partial charge in [-0.25, -0.2) is 4.79 Å². The maximum atomic E-state index is 11.8. The summed E-state index contributed by atoms with van der Waals surface area (Å²) in [6.45, 7) is 3.96. The highest BCUT2D eigenvalue weighted by Crippen LogP contribution is 2.24. The lowest BCUT2D eigenvalue weighted by Crippen LogP contribution is -2.06. The van der Waals surface area contributed by atoms with Gasteiger partial charge in [-0.2, -0.15) is 0 Å². The summed E-state index contributed by atoms with van der Waals surface area (Å²) in [5.41, 5.74) is 2.98. The summed E-state index contributed by atoms with van der Waals surface area (Å²) >= 11 is 0. The maximum Gasteiger partial charge on any atom is 0.355 e. The van der Waals surface area contributed by atoms with Crippen LogP contribution in [0.2, 0.25) is 0 Å². The Morgan fingerprint density at radius 2 is 2.05 bits per heavy atom. The predicted octanol–water partition coefficient (Wildman–Crippen LogP) is 2.37. The summed E-state index contributed by atoms with van der Waals surface area (Å²) in [4.78, 5) is 26.2. The van der Waals surface area contributed by atoms with Crippen LogP contribution < -0.4 is 0 Å². The third kappa shape index (κ3) is 2.66. The fourth-order valence-electron chi connectivity index (χ4n) is 2.13. The quantitative estimate of drug-likeness (QED) is 0.870. The SMILES string of the molecule is CCOC(=O)c1[nH]c2ccc(CC(=O)OC)cc2c1C. The van der Waals surface area contributed by atoms with E-state index in [-0.39, 0.29) is 18.4 Å². The number of esters is 2. The van der Waals surface area contributed by atoms with Gasteiger partial charge in [-0.15, -0.1) is 0 Å². The van der Waals surface area contributed by atoms with Crippen molar-refractivity contribution in [2.75, 3.05) is 13.7 Å². The van der Waals surface area contributed by atoms with E-state index in [9.17, 15) is 9.59 Å². The van der Waals surface area contributed by atoms with Crippen LogP contribution in [0.1, 0.15) is 28.5 Å².